The largest absolute Gasteiger partial charge is 0.397 e. The minimum Gasteiger partial charge on any atom is -0.397 e. The zero-order valence-electron chi connectivity index (χ0n) is 10.1. The molecule has 0 saturated carbocycles. The number of aromatic nitrogens is 1. The first kappa shape index (κ1) is 12.6. The third kappa shape index (κ3) is 2.51. The molecule has 0 fully saturated rings. The summed E-state index contributed by atoms with van der Waals surface area (Å²) < 4.78 is 0.939. The van der Waals surface area contributed by atoms with E-state index in [4.69, 9.17) is 5.73 Å². The van der Waals surface area contributed by atoms with Crippen LogP contribution in [0.1, 0.15) is 23.0 Å². The summed E-state index contributed by atoms with van der Waals surface area (Å²) >= 11 is 1.38. The Morgan fingerprint density at radius 3 is 3.17 bits per heavy atom. The molecular formula is C13H15N3OS. The van der Waals surface area contributed by atoms with Crippen LogP contribution >= 0.6 is 11.3 Å². The number of hydrogen-bond donors (Lipinski definition) is 2. The highest BCUT2D eigenvalue weighted by Crippen LogP contribution is 2.32. The van der Waals surface area contributed by atoms with Crippen molar-refractivity contribution >= 4 is 33.0 Å². The summed E-state index contributed by atoms with van der Waals surface area (Å²) in [5.74, 6) is -0.113. The number of amides is 1. The van der Waals surface area contributed by atoms with Crippen molar-refractivity contribution in [3.05, 3.63) is 35.5 Å². The molecule has 0 spiro atoms. The van der Waals surface area contributed by atoms with Crippen LogP contribution in [0, 0.1) is 0 Å². The first-order chi connectivity index (χ1) is 8.74. The van der Waals surface area contributed by atoms with E-state index in [9.17, 15) is 4.79 Å². The maximum Gasteiger partial charge on any atom is 0.263 e. The summed E-state index contributed by atoms with van der Waals surface area (Å²) in [5.41, 5.74) is 6.52. The van der Waals surface area contributed by atoms with Gasteiger partial charge in [-0.3, -0.25) is 9.78 Å². The molecule has 0 atom stereocenters. The van der Waals surface area contributed by atoms with Gasteiger partial charge in [-0.2, -0.15) is 0 Å². The predicted octanol–water partition coefficient (Wildman–Crippen LogP) is 2.57. The molecule has 1 amide bonds. The minimum absolute atomic E-state index is 0.113. The van der Waals surface area contributed by atoms with Gasteiger partial charge in [0, 0.05) is 24.3 Å². The Bertz CT molecular complexity index is 589. The molecule has 18 heavy (non-hydrogen) atoms. The number of nitrogens with one attached hydrogen (secondary N) is 1. The van der Waals surface area contributed by atoms with Gasteiger partial charge < -0.3 is 11.1 Å². The first-order valence-corrected chi connectivity index (χ1v) is 6.57. The van der Waals surface area contributed by atoms with E-state index in [0.29, 0.717) is 17.1 Å². The van der Waals surface area contributed by atoms with Crippen molar-refractivity contribution in [3.63, 3.8) is 0 Å². The van der Waals surface area contributed by atoms with Gasteiger partial charge in [0.05, 0.1) is 10.4 Å². The maximum absolute atomic E-state index is 12.0. The molecule has 2 aromatic heterocycles. The van der Waals surface area contributed by atoms with E-state index in [1.54, 1.807) is 12.4 Å². The topological polar surface area (TPSA) is 68.0 Å². The molecular weight excluding hydrogens is 246 g/mol. The second-order valence-corrected chi connectivity index (χ2v) is 4.88. The van der Waals surface area contributed by atoms with Gasteiger partial charge in [0.2, 0.25) is 0 Å². The Morgan fingerprint density at radius 2 is 2.44 bits per heavy atom. The smallest absolute Gasteiger partial charge is 0.263 e. The predicted molar refractivity (Wildman–Crippen MR) is 75.8 cm³/mol. The lowest BCUT2D eigenvalue weighted by atomic mass is 10.2. The average Bonchev–Trinajstić information content (AvgIpc) is 2.73. The van der Waals surface area contributed by atoms with E-state index in [1.165, 1.54) is 11.3 Å². The van der Waals surface area contributed by atoms with Crippen LogP contribution in [0.5, 0.6) is 0 Å². The Morgan fingerprint density at radius 1 is 1.61 bits per heavy atom. The summed E-state index contributed by atoms with van der Waals surface area (Å²) in [4.78, 5) is 16.6. The van der Waals surface area contributed by atoms with E-state index >= 15 is 0 Å². The fourth-order valence-electron chi connectivity index (χ4n) is 1.66. The molecule has 0 aromatic carbocycles. The summed E-state index contributed by atoms with van der Waals surface area (Å²) in [6.07, 6.45) is 8.21. The van der Waals surface area contributed by atoms with Gasteiger partial charge in [0.25, 0.3) is 5.91 Å². The van der Waals surface area contributed by atoms with Gasteiger partial charge >= 0.3 is 0 Å². The molecule has 0 aliphatic carbocycles. The zero-order chi connectivity index (χ0) is 13.0. The van der Waals surface area contributed by atoms with Crippen LogP contribution in [0.15, 0.2) is 30.6 Å². The summed E-state index contributed by atoms with van der Waals surface area (Å²) in [6.45, 7) is 2.58. The third-order valence-corrected chi connectivity index (χ3v) is 3.72. The van der Waals surface area contributed by atoms with Crippen LogP contribution in [0.2, 0.25) is 0 Å². The fourth-order valence-corrected chi connectivity index (χ4v) is 2.66. The molecule has 94 valence electrons. The van der Waals surface area contributed by atoms with Gasteiger partial charge in [-0.25, -0.2) is 0 Å². The van der Waals surface area contributed by atoms with Crippen molar-refractivity contribution in [2.24, 2.45) is 0 Å². The lowest BCUT2D eigenvalue weighted by Crippen LogP contribution is -2.23. The van der Waals surface area contributed by atoms with Gasteiger partial charge in [-0.05, 0) is 19.4 Å². The average molecular weight is 261 g/mol. The van der Waals surface area contributed by atoms with Crippen molar-refractivity contribution in [1.29, 1.82) is 0 Å². The number of carbonyl (C=O) groups excluding carboxylic acids is 1. The number of rotatable bonds is 4. The molecule has 2 aromatic rings. The van der Waals surface area contributed by atoms with Crippen molar-refractivity contribution in [2.45, 2.75) is 13.3 Å². The minimum atomic E-state index is -0.113. The molecule has 2 rings (SSSR count). The highest BCUT2D eigenvalue weighted by atomic mass is 32.1. The van der Waals surface area contributed by atoms with E-state index in [-0.39, 0.29) is 5.91 Å². The zero-order valence-corrected chi connectivity index (χ0v) is 11.0. The SMILES string of the molecule is C/C=C/CCNC(=O)c1sc2cnccc2c1N. The van der Waals surface area contributed by atoms with Crippen LogP contribution in [0.25, 0.3) is 10.1 Å². The fraction of sp³-hybridized carbons (Fsp3) is 0.231. The number of nitrogens with two attached hydrogens (primary N) is 1. The molecule has 2 heterocycles. The number of allylic oxidation sites excluding steroid dienone is 1. The van der Waals surface area contributed by atoms with E-state index < -0.39 is 0 Å². The van der Waals surface area contributed by atoms with Crippen molar-refractivity contribution in [3.8, 4) is 0 Å². The Kier molecular flexibility index (Phi) is 3.94. The van der Waals surface area contributed by atoms with E-state index in [0.717, 1.165) is 16.5 Å². The van der Waals surface area contributed by atoms with Gasteiger partial charge in [-0.1, -0.05) is 12.2 Å². The second-order valence-electron chi connectivity index (χ2n) is 3.83. The third-order valence-electron chi connectivity index (χ3n) is 2.57. The van der Waals surface area contributed by atoms with Crippen molar-refractivity contribution in [2.75, 3.05) is 12.3 Å². The van der Waals surface area contributed by atoms with Crippen molar-refractivity contribution < 1.29 is 4.79 Å². The second kappa shape index (κ2) is 5.64. The number of thiophene rings is 1. The molecule has 0 saturated heterocycles. The molecule has 0 bridgehead atoms. The van der Waals surface area contributed by atoms with Gasteiger partial charge in [0.15, 0.2) is 0 Å². The number of pyridine rings is 1. The lowest BCUT2D eigenvalue weighted by molar-refractivity contribution is 0.0959. The van der Waals surface area contributed by atoms with Crippen molar-refractivity contribution in [1.82, 2.24) is 10.3 Å². The number of fused-ring (bicyclic) bond motifs is 1. The monoisotopic (exact) mass is 261 g/mol. The van der Waals surface area contributed by atoms with E-state index in [1.807, 2.05) is 25.1 Å². The lowest BCUT2D eigenvalue weighted by Gasteiger charge is -2.01. The molecule has 4 nitrogen and oxygen atoms in total. The van der Waals surface area contributed by atoms with Crippen LogP contribution in [0.3, 0.4) is 0 Å². The standard InChI is InChI=1S/C13H15N3OS/c1-2-3-4-6-16-13(17)12-11(14)9-5-7-15-8-10(9)18-12/h2-3,5,7-8H,4,6,14H2,1H3,(H,16,17)/b3-2+. The quantitative estimate of drug-likeness (QED) is 0.656. The van der Waals surface area contributed by atoms with Gasteiger partial charge in [-0.15, -0.1) is 11.3 Å². The highest BCUT2D eigenvalue weighted by molar-refractivity contribution is 7.21. The van der Waals surface area contributed by atoms with Crippen LogP contribution in [-0.2, 0) is 0 Å². The Balaban J connectivity index is 2.15. The molecule has 0 aliphatic rings. The van der Waals surface area contributed by atoms with Gasteiger partial charge in [0.1, 0.15) is 4.88 Å². The highest BCUT2D eigenvalue weighted by Gasteiger charge is 2.15. The molecule has 0 radical (unpaired) electrons. The van der Waals surface area contributed by atoms with E-state index in [2.05, 4.69) is 10.3 Å². The molecule has 0 aliphatic heterocycles. The summed E-state index contributed by atoms with van der Waals surface area (Å²) in [7, 11) is 0. The Hall–Kier alpha value is -1.88. The van der Waals surface area contributed by atoms with Crippen LogP contribution in [-0.4, -0.2) is 17.4 Å². The maximum atomic E-state index is 12.0. The van der Waals surface area contributed by atoms with Crippen LogP contribution in [0.4, 0.5) is 5.69 Å². The van der Waals surface area contributed by atoms with Crippen LogP contribution < -0.4 is 11.1 Å². The molecule has 3 N–H and O–H groups in total. The summed E-state index contributed by atoms with van der Waals surface area (Å²) in [6, 6.07) is 1.83. The number of hydrogen-bond acceptors (Lipinski definition) is 4. The normalized spacial score (nSPS) is 11.2. The molecule has 5 heteroatoms. The number of anilines is 1. The number of nitrogen functional groups attached to an aromatic ring is 1. The first-order valence-electron chi connectivity index (χ1n) is 5.75. The number of nitrogens with zero attached hydrogens (tertiary/aromatic N) is 1. The number of carbonyl (C=O) groups is 1. The Labute approximate surface area is 110 Å². The molecule has 0 unspecified atom stereocenters. The summed E-state index contributed by atoms with van der Waals surface area (Å²) in [5, 5.41) is 3.75.